The molecule has 2 amide bonds. The van der Waals surface area contributed by atoms with Crippen LogP contribution in [0.15, 0.2) is 30.3 Å². The van der Waals surface area contributed by atoms with E-state index in [0.29, 0.717) is 6.42 Å². The molecule has 1 aromatic carbocycles. The van der Waals surface area contributed by atoms with Crippen LogP contribution in [-0.4, -0.2) is 88.7 Å². The molecule has 12 heteroatoms. The van der Waals surface area contributed by atoms with E-state index in [4.69, 9.17) is 4.74 Å². The van der Waals surface area contributed by atoms with Crippen molar-refractivity contribution in [3.05, 3.63) is 35.9 Å². The van der Waals surface area contributed by atoms with Crippen molar-refractivity contribution in [3.8, 4) is 6.07 Å². The molecule has 36 heavy (non-hydrogen) atoms. The first kappa shape index (κ1) is 27.8. The Kier molecular flexibility index (Phi) is 8.92. The Morgan fingerprint density at radius 2 is 2.00 bits per heavy atom. The van der Waals surface area contributed by atoms with Crippen molar-refractivity contribution >= 4 is 19.1 Å². The van der Waals surface area contributed by atoms with E-state index in [9.17, 15) is 33.7 Å². The lowest BCUT2D eigenvalue weighted by Gasteiger charge is -2.37. The third-order valence-electron chi connectivity index (χ3n) is 6.88. The number of halogens is 2. The minimum Gasteiger partial charge on any atom is -0.444 e. The highest BCUT2D eigenvalue weighted by Crippen LogP contribution is 2.35. The molecule has 2 aliphatic heterocycles. The van der Waals surface area contributed by atoms with Gasteiger partial charge >= 0.3 is 13.2 Å². The van der Waals surface area contributed by atoms with Crippen LogP contribution in [-0.2, 0) is 16.0 Å². The maximum Gasteiger partial charge on any atom is 0.475 e. The summed E-state index contributed by atoms with van der Waals surface area (Å²) in [4.78, 5) is 28.5. The Morgan fingerprint density at radius 1 is 1.31 bits per heavy atom. The molecule has 3 atom stereocenters. The number of benzene rings is 1. The second-order valence-electron chi connectivity index (χ2n) is 10.2. The number of nitriles is 1. The van der Waals surface area contributed by atoms with Gasteiger partial charge in [-0.25, -0.2) is 13.6 Å². The van der Waals surface area contributed by atoms with Crippen LogP contribution in [0.1, 0.15) is 38.7 Å². The highest BCUT2D eigenvalue weighted by Gasteiger charge is 2.45. The van der Waals surface area contributed by atoms with Crippen molar-refractivity contribution in [1.82, 2.24) is 15.1 Å². The number of carbonyl (C=O) groups excluding carboxylic acids is 2. The van der Waals surface area contributed by atoms with Crippen molar-refractivity contribution in [3.63, 3.8) is 0 Å². The number of nitrogens with zero attached hydrogens (tertiary/aromatic N) is 3. The zero-order valence-electron chi connectivity index (χ0n) is 20.6. The van der Waals surface area contributed by atoms with Gasteiger partial charge < -0.3 is 25.0 Å². The average Bonchev–Trinajstić information content (AvgIpc) is 3.43. The lowest BCUT2D eigenvalue weighted by molar-refractivity contribution is -0.134. The summed E-state index contributed by atoms with van der Waals surface area (Å²) in [5.41, 5.74) is 0.0429. The summed E-state index contributed by atoms with van der Waals surface area (Å²) in [5, 5.41) is 31.4. The second kappa shape index (κ2) is 11.5. The van der Waals surface area contributed by atoms with Gasteiger partial charge in [0.2, 0.25) is 5.91 Å². The highest BCUT2D eigenvalue weighted by atomic mass is 19.3. The molecule has 1 unspecified atom stereocenters. The van der Waals surface area contributed by atoms with Gasteiger partial charge in [-0.15, -0.1) is 0 Å². The first-order valence-corrected chi connectivity index (χ1v) is 12.1. The molecule has 196 valence electrons. The first-order chi connectivity index (χ1) is 16.9. The van der Waals surface area contributed by atoms with Crippen LogP contribution in [0.4, 0.5) is 13.6 Å². The Bertz CT molecular complexity index is 960. The van der Waals surface area contributed by atoms with Gasteiger partial charge in [-0.05, 0) is 32.3 Å². The third-order valence-corrected chi connectivity index (χ3v) is 6.88. The van der Waals surface area contributed by atoms with Crippen molar-refractivity contribution < 1.29 is 33.2 Å². The number of likely N-dealkylation sites (tertiary alicyclic amines) is 2. The Balaban J connectivity index is 1.51. The van der Waals surface area contributed by atoms with Crippen molar-refractivity contribution in [1.29, 1.82) is 5.26 Å². The number of nitrogens with one attached hydrogen (secondary N) is 1. The van der Waals surface area contributed by atoms with Gasteiger partial charge in [0.25, 0.3) is 5.92 Å². The molecule has 2 heterocycles. The fourth-order valence-corrected chi connectivity index (χ4v) is 4.75. The monoisotopic (exact) mass is 506 g/mol. The number of rotatable bonds is 9. The molecule has 2 fully saturated rings. The van der Waals surface area contributed by atoms with Crippen LogP contribution in [0.5, 0.6) is 0 Å². The number of alkyl halides is 2. The van der Waals surface area contributed by atoms with E-state index in [2.05, 4.69) is 5.32 Å². The van der Waals surface area contributed by atoms with Gasteiger partial charge in [0.05, 0.1) is 25.1 Å². The second-order valence-corrected chi connectivity index (χ2v) is 10.2. The first-order valence-electron chi connectivity index (χ1n) is 12.1. The summed E-state index contributed by atoms with van der Waals surface area (Å²) in [6.07, 6.45) is -1.04. The van der Waals surface area contributed by atoms with E-state index in [1.54, 1.807) is 43.0 Å². The highest BCUT2D eigenvalue weighted by molar-refractivity contribution is 6.43. The van der Waals surface area contributed by atoms with Gasteiger partial charge in [0, 0.05) is 31.5 Å². The molecule has 0 aromatic heterocycles. The summed E-state index contributed by atoms with van der Waals surface area (Å²) in [6.45, 7) is 3.70. The SMILES string of the molecule is CC(C)(CC(C#N)C(=O)N1CC[C@@H](OC(=O)N[C@@H](Cc2ccccc2)B(O)O)C1)N1CCC(F)(F)C1. The molecule has 9 nitrogen and oxygen atoms in total. The Morgan fingerprint density at radius 3 is 2.58 bits per heavy atom. The fraction of sp³-hybridized carbons (Fsp3) is 0.625. The number of alkyl carbamates (subject to hydrolysis) is 1. The lowest BCUT2D eigenvalue weighted by atomic mass is 9.76. The normalized spacial score (nSPS) is 21.5. The van der Waals surface area contributed by atoms with Gasteiger partial charge in [0.1, 0.15) is 12.0 Å². The maximum atomic E-state index is 13.7. The number of carbonyl (C=O) groups is 2. The average molecular weight is 506 g/mol. The van der Waals surface area contributed by atoms with Gasteiger partial charge in [0.15, 0.2) is 0 Å². The molecule has 0 radical (unpaired) electrons. The number of hydrogen-bond donors (Lipinski definition) is 3. The summed E-state index contributed by atoms with van der Waals surface area (Å²) >= 11 is 0. The molecule has 3 rings (SSSR count). The molecular formula is C24H33BF2N4O5. The van der Waals surface area contributed by atoms with E-state index < -0.39 is 55.1 Å². The van der Waals surface area contributed by atoms with Crippen LogP contribution in [0.2, 0.25) is 0 Å². The standard InChI is InChI=1S/C24H33BF2N4O5/c1-23(2,31-11-9-24(26,27)16-31)13-18(14-28)21(32)30-10-8-19(15-30)36-22(33)29-20(25(34)35)12-17-6-4-3-5-7-17/h3-7,18-20,34-35H,8-13,15-16H2,1-2H3,(H,29,33)/t18?,19-,20+/m1/s1. The molecule has 0 bridgehead atoms. The van der Waals surface area contributed by atoms with E-state index in [1.165, 1.54) is 4.90 Å². The Labute approximate surface area is 210 Å². The molecule has 0 saturated carbocycles. The van der Waals surface area contributed by atoms with Crippen LogP contribution in [0.25, 0.3) is 0 Å². The zero-order chi connectivity index (χ0) is 26.5. The minimum atomic E-state index is -2.77. The summed E-state index contributed by atoms with van der Waals surface area (Å²) in [7, 11) is -1.80. The predicted molar refractivity (Wildman–Crippen MR) is 128 cm³/mol. The lowest BCUT2D eigenvalue weighted by Crippen LogP contribution is -2.49. The van der Waals surface area contributed by atoms with Crippen molar-refractivity contribution in [2.45, 2.75) is 63.0 Å². The molecule has 3 N–H and O–H groups in total. The van der Waals surface area contributed by atoms with E-state index in [0.717, 1.165) is 5.56 Å². The number of hydrogen-bond acceptors (Lipinski definition) is 7. The summed E-state index contributed by atoms with van der Waals surface area (Å²) in [6, 6.07) is 11.0. The minimum absolute atomic E-state index is 0.0949. The van der Waals surface area contributed by atoms with Crippen molar-refractivity contribution in [2.24, 2.45) is 5.92 Å². The van der Waals surface area contributed by atoms with Crippen LogP contribution < -0.4 is 5.32 Å². The fourth-order valence-electron chi connectivity index (χ4n) is 4.75. The smallest absolute Gasteiger partial charge is 0.444 e. The summed E-state index contributed by atoms with van der Waals surface area (Å²) < 4.78 is 32.7. The van der Waals surface area contributed by atoms with E-state index in [-0.39, 0.29) is 38.9 Å². The quantitative estimate of drug-likeness (QED) is 0.435. The van der Waals surface area contributed by atoms with Gasteiger partial charge in [-0.3, -0.25) is 9.69 Å². The van der Waals surface area contributed by atoms with Crippen LogP contribution in [0, 0.1) is 17.2 Å². The van der Waals surface area contributed by atoms with Crippen LogP contribution >= 0.6 is 0 Å². The molecule has 0 aliphatic carbocycles. The van der Waals surface area contributed by atoms with E-state index in [1.807, 2.05) is 12.1 Å². The maximum absolute atomic E-state index is 13.7. The molecule has 2 saturated heterocycles. The zero-order valence-corrected chi connectivity index (χ0v) is 20.6. The Hall–Kier alpha value is -2.75. The summed E-state index contributed by atoms with van der Waals surface area (Å²) in [5.74, 6) is -5.19. The van der Waals surface area contributed by atoms with Crippen LogP contribution in [0.3, 0.4) is 0 Å². The molecular weight excluding hydrogens is 473 g/mol. The topological polar surface area (TPSA) is 126 Å². The largest absolute Gasteiger partial charge is 0.475 e. The van der Waals surface area contributed by atoms with Gasteiger partial charge in [-0.1, -0.05) is 30.3 Å². The third kappa shape index (κ3) is 7.38. The van der Waals surface area contributed by atoms with Crippen molar-refractivity contribution in [2.75, 3.05) is 26.2 Å². The predicted octanol–water partition coefficient (Wildman–Crippen LogP) is 1.59. The number of ether oxygens (including phenoxy) is 1. The molecule has 1 aromatic rings. The number of amides is 2. The van der Waals surface area contributed by atoms with Gasteiger partial charge in [-0.2, -0.15) is 5.26 Å². The molecule has 0 spiro atoms. The van der Waals surface area contributed by atoms with E-state index >= 15 is 0 Å². The molecule has 2 aliphatic rings.